The zero-order valence-electron chi connectivity index (χ0n) is 16.2. The lowest BCUT2D eigenvalue weighted by molar-refractivity contribution is 0.0661. The average Bonchev–Trinajstić information content (AvgIpc) is 2.66. The van der Waals surface area contributed by atoms with Crippen LogP contribution in [0.5, 0.6) is 17.2 Å². The van der Waals surface area contributed by atoms with Crippen molar-refractivity contribution in [2.75, 3.05) is 41.5 Å². The predicted molar refractivity (Wildman–Crippen MR) is 100 cm³/mol. The molecule has 3 rings (SSSR count). The molecule has 2 aliphatic rings. The molecule has 26 heavy (non-hydrogen) atoms. The number of hydrogen-bond acceptors (Lipinski definition) is 5. The molecule has 0 spiro atoms. The Morgan fingerprint density at radius 2 is 1.77 bits per heavy atom. The lowest BCUT2D eigenvalue weighted by atomic mass is 9.72. The molecule has 144 valence electrons. The molecule has 6 nitrogen and oxygen atoms in total. The van der Waals surface area contributed by atoms with E-state index in [0.717, 1.165) is 25.9 Å². The summed E-state index contributed by atoms with van der Waals surface area (Å²) >= 11 is 0. The van der Waals surface area contributed by atoms with Crippen LogP contribution in [0.15, 0.2) is 12.1 Å². The second-order valence-electron chi connectivity index (χ2n) is 7.40. The first-order chi connectivity index (χ1) is 12.6. The molecule has 3 atom stereocenters. The van der Waals surface area contributed by atoms with Crippen LogP contribution in [0.25, 0.3) is 0 Å². The van der Waals surface area contributed by atoms with Crippen LogP contribution in [0.4, 0.5) is 0 Å². The number of carbonyl (C=O) groups excluding carboxylic acids is 1. The van der Waals surface area contributed by atoms with Crippen LogP contribution in [0.3, 0.4) is 0 Å². The molecule has 0 bridgehead atoms. The highest BCUT2D eigenvalue weighted by Gasteiger charge is 2.37. The maximum absolute atomic E-state index is 12.9. The number of hydrogen-bond donors (Lipinski definition) is 1. The largest absolute Gasteiger partial charge is 0.493 e. The smallest absolute Gasteiger partial charge is 0.251 e. The Kier molecular flexibility index (Phi) is 5.91. The fourth-order valence-corrected chi connectivity index (χ4v) is 4.52. The number of benzene rings is 1. The molecular formula is C20H30N2O4. The van der Waals surface area contributed by atoms with E-state index in [1.165, 1.54) is 12.8 Å². The number of piperidine rings is 1. The van der Waals surface area contributed by atoms with E-state index in [4.69, 9.17) is 14.2 Å². The van der Waals surface area contributed by atoms with E-state index >= 15 is 0 Å². The second-order valence-corrected chi connectivity index (χ2v) is 7.40. The number of ether oxygens (including phenoxy) is 3. The quantitative estimate of drug-likeness (QED) is 0.872. The number of methoxy groups -OCH3 is 3. The molecule has 0 aromatic heterocycles. The van der Waals surface area contributed by atoms with Crippen LogP contribution in [-0.4, -0.2) is 58.3 Å². The molecule has 1 aromatic carbocycles. The summed E-state index contributed by atoms with van der Waals surface area (Å²) in [5.74, 6) is 2.68. The normalized spacial score (nSPS) is 25.9. The van der Waals surface area contributed by atoms with Crippen molar-refractivity contribution in [3.05, 3.63) is 17.7 Å². The molecule has 1 heterocycles. The fourth-order valence-electron chi connectivity index (χ4n) is 4.52. The van der Waals surface area contributed by atoms with Gasteiger partial charge in [0, 0.05) is 18.2 Å². The van der Waals surface area contributed by atoms with E-state index in [1.54, 1.807) is 33.5 Å². The molecule has 0 unspecified atom stereocenters. The van der Waals surface area contributed by atoms with Gasteiger partial charge in [0.2, 0.25) is 5.75 Å². The van der Waals surface area contributed by atoms with Crippen LogP contribution >= 0.6 is 0 Å². The Bertz CT molecular complexity index is 624. The molecule has 2 fully saturated rings. The molecule has 1 aliphatic heterocycles. The minimum absolute atomic E-state index is 0.0752. The second kappa shape index (κ2) is 8.16. The molecule has 0 radical (unpaired) electrons. The summed E-state index contributed by atoms with van der Waals surface area (Å²) in [6.45, 7) is 2.25. The van der Waals surface area contributed by atoms with Crippen LogP contribution in [0.1, 0.15) is 36.0 Å². The van der Waals surface area contributed by atoms with Gasteiger partial charge in [-0.3, -0.25) is 4.79 Å². The van der Waals surface area contributed by atoms with Crippen molar-refractivity contribution in [3.8, 4) is 17.2 Å². The van der Waals surface area contributed by atoms with Crippen molar-refractivity contribution in [2.24, 2.45) is 11.8 Å². The summed E-state index contributed by atoms with van der Waals surface area (Å²) in [7, 11) is 6.86. The lowest BCUT2D eigenvalue weighted by Gasteiger charge is -2.44. The Morgan fingerprint density at radius 3 is 2.38 bits per heavy atom. The molecule has 1 aromatic rings. The summed E-state index contributed by atoms with van der Waals surface area (Å²) in [6, 6.07) is 3.67. The third-order valence-electron chi connectivity index (χ3n) is 5.85. The van der Waals surface area contributed by atoms with Crippen LogP contribution < -0.4 is 19.5 Å². The SMILES string of the molecule is COc1cc(C(=O)N[C@@H]2CCC[C@@H]3CN(C)CC[C@H]32)cc(OC)c1OC. The first kappa shape index (κ1) is 18.8. The fraction of sp³-hybridized carbons (Fsp3) is 0.650. The van der Waals surface area contributed by atoms with Crippen molar-refractivity contribution in [2.45, 2.75) is 31.7 Å². The van der Waals surface area contributed by atoms with Crippen LogP contribution in [0, 0.1) is 11.8 Å². The van der Waals surface area contributed by atoms with E-state index in [9.17, 15) is 4.79 Å². The van der Waals surface area contributed by atoms with Crippen molar-refractivity contribution in [3.63, 3.8) is 0 Å². The number of amides is 1. The Labute approximate surface area is 155 Å². The van der Waals surface area contributed by atoms with Gasteiger partial charge in [-0.15, -0.1) is 0 Å². The van der Waals surface area contributed by atoms with Crippen LogP contribution in [-0.2, 0) is 0 Å². The van der Waals surface area contributed by atoms with Crippen LogP contribution in [0.2, 0.25) is 0 Å². The van der Waals surface area contributed by atoms with Crippen molar-refractivity contribution < 1.29 is 19.0 Å². The Balaban J connectivity index is 1.77. The van der Waals surface area contributed by atoms with Gasteiger partial charge < -0.3 is 24.4 Å². The van der Waals surface area contributed by atoms with Crippen molar-refractivity contribution >= 4 is 5.91 Å². The topological polar surface area (TPSA) is 60.0 Å². The Hall–Kier alpha value is -1.95. The van der Waals surface area contributed by atoms with Crippen molar-refractivity contribution in [1.29, 1.82) is 0 Å². The maximum Gasteiger partial charge on any atom is 0.251 e. The van der Waals surface area contributed by atoms with E-state index in [-0.39, 0.29) is 11.9 Å². The minimum atomic E-state index is -0.0752. The summed E-state index contributed by atoms with van der Waals surface area (Å²) in [4.78, 5) is 15.3. The maximum atomic E-state index is 12.9. The van der Waals surface area contributed by atoms with E-state index in [2.05, 4.69) is 17.3 Å². The highest BCUT2D eigenvalue weighted by molar-refractivity contribution is 5.95. The molecule has 6 heteroatoms. The molecule has 1 amide bonds. The molecule has 1 N–H and O–H groups in total. The molecular weight excluding hydrogens is 332 g/mol. The first-order valence-corrected chi connectivity index (χ1v) is 9.36. The standard InChI is InChI=1S/C20H30N2O4/c1-22-9-8-15-13(12-22)6-5-7-16(15)21-20(23)14-10-17(24-2)19(26-4)18(11-14)25-3/h10-11,13,15-16H,5-9,12H2,1-4H3,(H,21,23)/t13-,15-,16-/m1/s1. The predicted octanol–water partition coefficient (Wildman–Crippen LogP) is 2.56. The number of nitrogens with one attached hydrogen (secondary N) is 1. The van der Waals surface area contributed by atoms with E-state index in [1.807, 2.05) is 0 Å². The number of rotatable bonds is 5. The van der Waals surface area contributed by atoms with Gasteiger partial charge in [-0.2, -0.15) is 0 Å². The summed E-state index contributed by atoms with van der Waals surface area (Å²) in [5, 5.41) is 3.28. The summed E-state index contributed by atoms with van der Waals surface area (Å²) in [5.41, 5.74) is 0.537. The number of nitrogens with zero attached hydrogens (tertiary/aromatic N) is 1. The molecule has 1 saturated carbocycles. The van der Waals surface area contributed by atoms with Gasteiger partial charge >= 0.3 is 0 Å². The van der Waals surface area contributed by atoms with Gasteiger partial charge in [0.15, 0.2) is 11.5 Å². The van der Waals surface area contributed by atoms with E-state index < -0.39 is 0 Å². The zero-order chi connectivity index (χ0) is 18.7. The average molecular weight is 362 g/mol. The number of likely N-dealkylation sites (tertiary alicyclic amines) is 1. The monoisotopic (exact) mass is 362 g/mol. The third kappa shape index (κ3) is 3.75. The Morgan fingerprint density at radius 1 is 1.08 bits per heavy atom. The highest BCUT2D eigenvalue weighted by Crippen LogP contribution is 2.39. The van der Waals surface area contributed by atoms with Gasteiger partial charge in [0.05, 0.1) is 21.3 Å². The number of carbonyl (C=O) groups is 1. The van der Waals surface area contributed by atoms with Gasteiger partial charge in [-0.05, 0) is 56.8 Å². The van der Waals surface area contributed by atoms with E-state index in [0.29, 0.717) is 34.6 Å². The highest BCUT2D eigenvalue weighted by atomic mass is 16.5. The van der Waals surface area contributed by atoms with Gasteiger partial charge in [-0.1, -0.05) is 6.42 Å². The van der Waals surface area contributed by atoms with Gasteiger partial charge in [0.1, 0.15) is 0 Å². The summed E-state index contributed by atoms with van der Waals surface area (Å²) in [6.07, 6.45) is 4.66. The van der Waals surface area contributed by atoms with Gasteiger partial charge in [-0.25, -0.2) is 0 Å². The first-order valence-electron chi connectivity index (χ1n) is 9.36. The van der Waals surface area contributed by atoms with Gasteiger partial charge in [0.25, 0.3) is 5.91 Å². The minimum Gasteiger partial charge on any atom is -0.493 e. The lowest BCUT2D eigenvalue weighted by Crippen LogP contribution is -2.51. The summed E-state index contributed by atoms with van der Waals surface area (Å²) < 4.78 is 16.1. The zero-order valence-corrected chi connectivity index (χ0v) is 16.2. The number of fused-ring (bicyclic) bond motifs is 1. The third-order valence-corrected chi connectivity index (χ3v) is 5.85. The molecule has 1 aliphatic carbocycles. The molecule has 1 saturated heterocycles. The van der Waals surface area contributed by atoms with Crippen molar-refractivity contribution in [1.82, 2.24) is 10.2 Å².